The fourth-order valence-corrected chi connectivity index (χ4v) is 3.11. The first-order valence-corrected chi connectivity index (χ1v) is 9.25. The zero-order valence-electron chi connectivity index (χ0n) is 15.9. The van der Waals surface area contributed by atoms with Gasteiger partial charge in [-0.3, -0.25) is 40.7 Å². The number of rotatable bonds is 6. The highest BCUT2D eigenvalue weighted by molar-refractivity contribution is 5.96. The lowest BCUT2D eigenvalue weighted by atomic mass is 10.1. The van der Waals surface area contributed by atoms with Crippen molar-refractivity contribution >= 4 is 28.9 Å². The first-order chi connectivity index (χ1) is 14.3. The lowest BCUT2D eigenvalue weighted by Gasteiger charge is -2.26. The molecule has 30 heavy (non-hydrogen) atoms. The molecule has 0 aromatic heterocycles. The Hall–Kier alpha value is -4.02. The van der Waals surface area contributed by atoms with Gasteiger partial charge in [-0.25, -0.2) is 0 Å². The number of amides is 2. The van der Waals surface area contributed by atoms with E-state index in [4.69, 9.17) is 0 Å². The quantitative estimate of drug-likeness (QED) is 0.546. The van der Waals surface area contributed by atoms with Gasteiger partial charge in [0.05, 0.1) is 27.2 Å². The largest absolute Gasteiger partial charge is 0.339 e. The highest BCUT2D eigenvalue weighted by atomic mass is 16.6. The molecule has 1 aliphatic heterocycles. The van der Waals surface area contributed by atoms with Crippen molar-refractivity contribution in [2.45, 2.75) is 19.3 Å². The van der Waals surface area contributed by atoms with E-state index >= 15 is 0 Å². The topological polar surface area (TPSA) is 148 Å². The van der Waals surface area contributed by atoms with Gasteiger partial charge in [-0.15, -0.1) is 0 Å². The molecule has 2 N–H and O–H groups in total. The van der Waals surface area contributed by atoms with Crippen molar-refractivity contribution < 1.29 is 19.4 Å². The molecule has 156 valence electrons. The first kappa shape index (κ1) is 20.7. The van der Waals surface area contributed by atoms with E-state index in [1.807, 2.05) is 4.90 Å². The number of nitro benzene ring substituents is 2. The second-order valence-electron chi connectivity index (χ2n) is 6.76. The average molecular weight is 413 g/mol. The Labute approximate surface area is 170 Å². The average Bonchev–Trinajstić information content (AvgIpc) is 2.77. The fraction of sp³-hybridized carbons (Fsp3) is 0.263. The third-order valence-corrected chi connectivity index (χ3v) is 4.68. The molecule has 1 fully saturated rings. The van der Waals surface area contributed by atoms with Crippen molar-refractivity contribution in [1.82, 2.24) is 10.3 Å². The Morgan fingerprint density at radius 3 is 1.93 bits per heavy atom. The zero-order valence-corrected chi connectivity index (χ0v) is 15.9. The molecule has 0 unspecified atom stereocenters. The minimum absolute atomic E-state index is 0.0470. The Bertz CT molecular complexity index is 953. The number of hydrogen-bond donors (Lipinski definition) is 2. The molecule has 11 heteroatoms. The lowest BCUT2D eigenvalue weighted by molar-refractivity contribution is -0.394. The van der Waals surface area contributed by atoms with Gasteiger partial charge in [0.2, 0.25) is 0 Å². The summed E-state index contributed by atoms with van der Waals surface area (Å²) in [5.41, 5.74) is 4.60. The van der Waals surface area contributed by atoms with Crippen molar-refractivity contribution in [3.05, 3.63) is 73.8 Å². The standard InChI is InChI=1S/C19H19N5O6/c25-18(14-10-16(23(27)28)12-17(11-14)24(29)30)21-20-15-6-4-13(5-7-15)19(26)22-8-2-1-3-9-22/h4-7,10-12,20H,1-3,8-9H2,(H,21,25). The van der Waals surface area contributed by atoms with E-state index in [1.165, 1.54) is 0 Å². The molecule has 0 saturated carbocycles. The summed E-state index contributed by atoms with van der Waals surface area (Å²) in [5, 5.41) is 21.9. The summed E-state index contributed by atoms with van der Waals surface area (Å²) in [6.07, 6.45) is 3.11. The molecule has 2 aromatic carbocycles. The molecule has 0 radical (unpaired) electrons. The van der Waals surface area contributed by atoms with Crippen LogP contribution in [0.25, 0.3) is 0 Å². The molecule has 2 aromatic rings. The van der Waals surface area contributed by atoms with Crippen LogP contribution in [0.1, 0.15) is 40.0 Å². The molecular formula is C19H19N5O6. The number of nitro groups is 2. The molecule has 2 amide bonds. The number of piperidine rings is 1. The van der Waals surface area contributed by atoms with Crippen LogP contribution in [0.3, 0.4) is 0 Å². The molecule has 0 bridgehead atoms. The normalized spacial score (nSPS) is 13.4. The van der Waals surface area contributed by atoms with Gasteiger partial charge in [0.15, 0.2) is 0 Å². The van der Waals surface area contributed by atoms with Crippen molar-refractivity contribution in [2.75, 3.05) is 18.5 Å². The molecule has 0 atom stereocenters. The SMILES string of the molecule is O=C(NNc1ccc(C(=O)N2CCCCC2)cc1)c1cc([N+](=O)[O-])cc([N+](=O)[O-])c1. The molecule has 3 rings (SSSR count). The van der Waals surface area contributed by atoms with E-state index < -0.39 is 27.1 Å². The highest BCUT2D eigenvalue weighted by Gasteiger charge is 2.20. The Balaban J connectivity index is 1.65. The van der Waals surface area contributed by atoms with E-state index in [1.54, 1.807) is 24.3 Å². The minimum Gasteiger partial charge on any atom is -0.339 e. The molecule has 11 nitrogen and oxygen atoms in total. The first-order valence-electron chi connectivity index (χ1n) is 9.25. The number of anilines is 1. The number of carbonyl (C=O) groups excluding carboxylic acids is 2. The van der Waals surface area contributed by atoms with Crippen LogP contribution in [0.15, 0.2) is 42.5 Å². The maximum atomic E-state index is 12.5. The van der Waals surface area contributed by atoms with E-state index in [0.29, 0.717) is 11.3 Å². The van der Waals surface area contributed by atoms with Crippen LogP contribution in [-0.4, -0.2) is 39.7 Å². The third-order valence-electron chi connectivity index (χ3n) is 4.68. The lowest BCUT2D eigenvalue weighted by Crippen LogP contribution is -2.35. The zero-order chi connectivity index (χ0) is 21.7. The molecule has 1 saturated heterocycles. The van der Waals surface area contributed by atoms with Gasteiger partial charge in [0.1, 0.15) is 0 Å². The van der Waals surface area contributed by atoms with Crippen LogP contribution in [0.5, 0.6) is 0 Å². The molecule has 1 heterocycles. The summed E-state index contributed by atoms with van der Waals surface area (Å²) < 4.78 is 0. The fourth-order valence-electron chi connectivity index (χ4n) is 3.11. The van der Waals surface area contributed by atoms with Crippen molar-refractivity contribution in [3.63, 3.8) is 0 Å². The van der Waals surface area contributed by atoms with E-state index in [9.17, 15) is 29.8 Å². The van der Waals surface area contributed by atoms with Crippen LogP contribution >= 0.6 is 0 Å². The Morgan fingerprint density at radius 2 is 1.40 bits per heavy atom. The monoisotopic (exact) mass is 413 g/mol. The van der Waals surface area contributed by atoms with E-state index in [2.05, 4.69) is 10.9 Å². The predicted molar refractivity (Wildman–Crippen MR) is 107 cm³/mol. The van der Waals surface area contributed by atoms with Gasteiger partial charge in [-0.05, 0) is 43.5 Å². The smallest absolute Gasteiger partial charge is 0.277 e. The highest BCUT2D eigenvalue weighted by Crippen LogP contribution is 2.22. The van der Waals surface area contributed by atoms with Crippen LogP contribution in [0, 0.1) is 20.2 Å². The number of likely N-dealkylation sites (tertiary alicyclic amines) is 1. The molecule has 1 aliphatic rings. The van der Waals surface area contributed by atoms with Crippen LogP contribution in [-0.2, 0) is 0 Å². The van der Waals surface area contributed by atoms with Gasteiger partial charge in [0.25, 0.3) is 23.2 Å². The molecule has 0 spiro atoms. The molecular weight excluding hydrogens is 394 g/mol. The predicted octanol–water partition coefficient (Wildman–Crippen LogP) is 2.89. The maximum Gasteiger partial charge on any atom is 0.277 e. The van der Waals surface area contributed by atoms with Crippen LogP contribution < -0.4 is 10.9 Å². The third kappa shape index (κ3) is 4.87. The number of nitrogens with zero attached hydrogens (tertiary/aromatic N) is 3. The van der Waals surface area contributed by atoms with Crippen LogP contribution in [0.4, 0.5) is 17.1 Å². The molecule has 0 aliphatic carbocycles. The number of carbonyl (C=O) groups is 2. The second-order valence-corrected chi connectivity index (χ2v) is 6.76. The summed E-state index contributed by atoms with van der Waals surface area (Å²) >= 11 is 0. The van der Waals surface area contributed by atoms with Gasteiger partial charge < -0.3 is 4.90 Å². The Morgan fingerprint density at radius 1 is 0.833 bits per heavy atom. The maximum absolute atomic E-state index is 12.5. The summed E-state index contributed by atoms with van der Waals surface area (Å²) in [5.74, 6) is -0.829. The summed E-state index contributed by atoms with van der Waals surface area (Å²) in [6, 6.07) is 9.14. The van der Waals surface area contributed by atoms with Gasteiger partial charge >= 0.3 is 0 Å². The second kappa shape index (κ2) is 8.99. The minimum atomic E-state index is -0.810. The number of benzene rings is 2. The number of hydrazine groups is 1. The number of nitrogens with one attached hydrogen (secondary N) is 2. The van der Waals surface area contributed by atoms with E-state index in [-0.39, 0.29) is 11.5 Å². The van der Waals surface area contributed by atoms with Gasteiger partial charge in [-0.2, -0.15) is 0 Å². The van der Waals surface area contributed by atoms with E-state index in [0.717, 1.165) is 50.6 Å². The van der Waals surface area contributed by atoms with Crippen molar-refractivity contribution in [1.29, 1.82) is 0 Å². The van der Waals surface area contributed by atoms with Crippen molar-refractivity contribution in [3.8, 4) is 0 Å². The number of non-ortho nitro benzene ring substituents is 2. The summed E-state index contributed by atoms with van der Waals surface area (Å²) in [4.78, 5) is 46.8. The van der Waals surface area contributed by atoms with Gasteiger partial charge in [0, 0.05) is 30.8 Å². The van der Waals surface area contributed by atoms with Crippen molar-refractivity contribution in [2.24, 2.45) is 0 Å². The van der Waals surface area contributed by atoms with Crippen LogP contribution in [0.2, 0.25) is 0 Å². The Kier molecular flexibility index (Phi) is 6.20. The summed E-state index contributed by atoms with van der Waals surface area (Å²) in [6.45, 7) is 1.48. The number of hydrogen-bond acceptors (Lipinski definition) is 7. The summed E-state index contributed by atoms with van der Waals surface area (Å²) in [7, 11) is 0. The van der Waals surface area contributed by atoms with Gasteiger partial charge in [-0.1, -0.05) is 0 Å².